The van der Waals surface area contributed by atoms with Gasteiger partial charge in [-0.3, -0.25) is 0 Å². The lowest BCUT2D eigenvalue weighted by molar-refractivity contribution is 0.215. The van der Waals surface area contributed by atoms with Gasteiger partial charge in [-0.2, -0.15) is 0 Å². The van der Waals surface area contributed by atoms with Crippen LogP contribution < -0.4 is 5.32 Å². The summed E-state index contributed by atoms with van der Waals surface area (Å²) in [6.07, 6.45) is 0. The molecule has 2 aromatic carbocycles. The normalized spacial score (nSPS) is 17.6. The summed E-state index contributed by atoms with van der Waals surface area (Å²) >= 11 is 3.53. The van der Waals surface area contributed by atoms with Crippen LogP contribution in [-0.2, 0) is 0 Å². The Morgan fingerprint density at radius 3 is 2.83 bits per heavy atom. The van der Waals surface area contributed by atoms with Crippen molar-refractivity contribution >= 4 is 45.6 Å². The topological polar surface area (TPSA) is 32.3 Å². The largest absolute Gasteiger partial charge is 0.323 e. The van der Waals surface area contributed by atoms with Crippen LogP contribution in [-0.4, -0.2) is 23.2 Å². The van der Waals surface area contributed by atoms with E-state index in [9.17, 15) is 4.79 Å². The number of urea groups is 1. The van der Waals surface area contributed by atoms with Gasteiger partial charge in [0.25, 0.3) is 0 Å². The van der Waals surface area contributed by atoms with E-state index in [2.05, 4.69) is 28.9 Å². The van der Waals surface area contributed by atoms with E-state index in [1.165, 1.54) is 4.88 Å². The maximum atomic E-state index is 12.8. The predicted octanol–water partition coefficient (Wildman–Crippen LogP) is 5.18. The summed E-state index contributed by atoms with van der Waals surface area (Å²) in [5, 5.41) is 7.50. The smallest absolute Gasteiger partial charge is 0.307 e. The lowest BCUT2D eigenvalue weighted by Crippen LogP contribution is -2.34. The quantitative estimate of drug-likeness (QED) is 0.697. The van der Waals surface area contributed by atoms with Gasteiger partial charge in [-0.25, -0.2) is 4.79 Å². The third-order valence-corrected chi connectivity index (χ3v) is 6.29. The molecule has 116 valence electrons. The van der Waals surface area contributed by atoms with E-state index in [4.69, 9.17) is 0 Å². The second-order valence-corrected chi connectivity index (χ2v) is 7.56. The molecule has 0 aliphatic carbocycles. The Morgan fingerprint density at radius 2 is 1.96 bits per heavy atom. The molecule has 1 fully saturated rings. The van der Waals surface area contributed by atoms with E-state index in [1.54, 1.807) is 11.3 Å². The molecule has 0 spiro atoms. The number of carbonyl (C=O) groups is 1. The Bertz CT molecular complexity index is 827. The second kappa shape index (κ2) is 6.26. The van der Waals surface area contributed by atoms with Gasteiger partial charge in [0.15, 0.2) is 0 Å². The van der Waals surface area contributed by atoms with E-state index < -0.39 is 0 Å². The van der Waals surface area contributed by atoms with Crippen LogP contribution in [0.1, 0.15) is 10.3 Å². The van der Waals surface area contributed by atoms with Gasteiger partial charge in [-0.15, -0.1) is 23.1 Å². The second-order valence-electron chi connectivity index (χ2n) is 5.39. The van der Waals surface area contributed by atoms with Crippen molar-refractivity contribution in [3.05, 3.63) is 64.9 Å². The van der Waals surface area contributed by atoms with Crippen molar-refractivity contribution in [2.75, 3.05) is 17.6 Å². The maximum Gasteiger partial charge on any atom is 0.323 e. The highest BCUT2D eigenvalue weighted by Crippen LogP contribution is 2.40. The van der Waals surface area contributed by atoms with Crippen LogP contribution in [0.3, 0.4) is 0 Å². The lowest BCUT2D eigenvalue weighted by atomic mass is 10.1. The zero-order chi connectivity index (χ0) is 15.6. The summed E-state index contributed by atoms with van der Waals surface area (Å²) in [4.78, 5) is 15.9. The van der Waals surface area contributed by atoms with E-state index in [0.717, 1.165) is 28.8 Å². The maximum absolute atomic E-state index is 12.8. The number of nitrogens with one attached hydrogen (secondary N) is 1. The summed E-state index contributed by atoms with van der Waals surface area (Å²) in [5.41, 5.74) is 0.870. The fraction of sp³-hybridized carbons (Fsp3) is 0.167. The van der Waals surface area contributed by atoms with Gasteiger partial charge in [0.05, 0.1) is 5.69 Å². The number of fused-ring (bicyclic) bond motifs is 1. The standard InChI is InChI=1S/C18H16N2OS2/c21-18(20-10-12-23-17(20)16-9-4-11-22-16)19-15-8-3-6-13-5-1-2-7-14(13)15/h1-9,11,17H,10,12H2,(H,19,21). The van der Waals surface area contributed by atoms with Gasteiger partial charge in [0.1, 0.15) is 5.37 Å². The van der Waals surface area contributed by atoms with E-state index in [0.29, 0.717) is 0 Å². The highest BCUT2D eigenvalue weighted by molar-refractivity contribution is 7.99. The molecule has 2 amide bonds. The lowest BCUT2D eigenvalue weighted by Gasteiger charge is -2.23. The molecule has 0 bridgehead atoms. The molecule has 1 aromatic heterocycles. The third kappa shape index (κ3) is 2.82. The molecule has 1 unspecified atom stereocenters. The number of rotatable bonds is 2. The Hall–Kier alpha value is -1.98. The molecule has 3 nitrogen and oxygen atoms in total. The van der Waals surface area contributed by atoms with Gasteiger partial charge < -0.3 is 10.2 Å². The van der Waals surface area contributed by atoms with Crippen molar-refractivity contribution in [3.63, 3.8) is 0 Å². The Kier molecular flexibility index (Phi) is 3.97. The molecule has 4 rings (SSSR count). The molecule has 5 heteroatoms. The Balaban J connectivity index is 1.59. The predicted molar refractivity (Wildman–Crippen MR) is 99.2 cm³/mol. The average Bonchev–Trinajstić information content (AvgIpc) is 3.26. The summed E-state index contributed by atoms with van der Waals surface area (Å²) in [5.74, 6) is 0.978. The van der Waals surface area contributed by atoms with Crippen LogP contribution in [0.25, 0.3) is 10.8 Å². The molecular formula is C18H16N2OS2. The summed E-state index contributed by atoms with van der Waals surface area (Å²) in [7, 11) is 0. The van der Waals surface area contributed by atoms with Crippen LogP contribution in [0.2, 0.25) is 0 Å². The number of anilines is 1. The van der Waals surface area contributed by atoms with Crippen LogP contribution in [0.5, 0.6) is 0 Å². The van der Waals surface area contributed by atoms with Crippen LogP contribution in [0.15, 0.2) is 60.0 Å². The zero-order valence-electron chi connectivity index (χ0n) is 12.4. The number of hydrogen-bond acceptors (Lipinski definition) is 3. The first-order chi connectivity index (χ1) is 11.3. The van der Waals surface area contributed by atoms with Crippen molar-refractivity contribution < 1.29 is 4.79 Å². The third-order valence-electron chi connectivity index (χ3n) is 3.97. The molecule has 1 saturated heterocycles. The van der Waals surface area contributed by atoms with Crippen LogP contribution in [0, 0.1) is 0 Å². The Labute approximate surface area is 143 Å². The first kappa shape index (κ1) is 14.6. The molecule has 1 N–H and O–H groups in total. The van der Waals surface area contributed by atoms with Crippen molar-refractivity contribution in [3.8, 4) is 0 Å². The van der Waals surface area contributed by atoms with Crippen molar-refractivity contribution in [1.29, 1.82) is 0 Å². The van der Waals surface area contributed by atoms with Gasteiger partial charge >= 0.3 is 6.03 Å². The van der Waals surface area contributed by atoms with Gasteiger partial charge in [0.2, 0.25) is 0 Å². The zero-order valence-corrected chi connectivity index (χ0v) is 14.1. The molecule has 23 heavy (non-hydrogen) atoms. The van der Waals surface area contributed by atoms with Crippen molar-refractivity contribution in [2.45, 2.75) is 5.37 Å². The average molecular weight is 340 g/mol. The fourth-order valence-electron chi connectivity index (χ4n) is 2.87. The van der Waals surface area contributed by atoms with E-state index >= 15 is 0 Å². The molecule has 0 saturated carbocycles. The van der Waals surface area contributed by atoms with Crippen molar-refractivity contribution in [2.24, 2.45) is 0 Å². The van der Waals surface area contributed by atoms with Gasteiger partial charge in [-0.05, 0) is 22.9 Å². The SMILES string of the molecule is O=C(Nc1cccc2ccccc12)N1CCSC1c1cccs1. The molecule has 1 aliphatic heterocycles. The number of benzene rings is 2. The summed E-state index contributed by atoms with van der Waals surface area (Å²) < 4.78 is 0. The molecular weight excluding hydrogens is 324 g/mol. The van der Waals surface area contributed by atoms with Crippen LogP contribution in [0.4, 0.5) is 10.5 Å². The molecule has 1 atom stereocenters. The Morgan fingerprint density at radius 1 is 1.09 bits per heavy atom. The van der Waals surface area contributed by atoms with Crippen LogP contribution >= 0.6 is 23.1 Å². The van der Waals surface area contributed by atoms with Gasteiger partial charge in [-0.1, -0.05) is 42.5 Å². The molecule has 3 aromatic rings. The number of amides is 2. The number of carbonyl (C=O) groups excluding carboxylic acids is 1. The highest BCUT2D eigenvalue weighted by atomic mass is 32.2. The fourth-order valence-corrected chi connectivity index (χ4v) is 5.10. The number of nitrogens with zero attached hydrogens (tertiary/aromatic N) is 1. The highest BCUT2D eigenvalue weighted by Gasteiger charge is 2.31. The first-order valence-corrected chi connectivity index (χ1v) is 9.46. The number of hydrogen-bond donors (Lipinski definition) is 1. The summed E-state index contributed by atoms with van der Waals surface area (Å²) in [6.45, 7) is 0.782. The van der Waals surface area contributed by atoms with Crippen molar-refractivity contribution in [1.82, 2.24) is 4.90 Å². The first-order valence-electron chi connectivity index (χ1n) is 7.53. The molecule has 0 radical (unpaired) electrons. The van der Waals surface area contributed by atoms with E-state index in [1.807, 2.05) is 53.1 Å². The minimum atomic E-state index is -0.0234. The minimum Gasteiger partial charge on any atom is -0.307 e. The van der Waals surface area contributed by atoms with E-state index in [-0.39, 0.29) is 11.4 Å². The summed E-state index contributed by atoms with van der Waals surface area (Å²) in [6, 6.07) is 18.2. The molecule has 2 heterocycles. The number of thiophene rings is 1. The van der Waals surface area contributed by atoms with Gasteiger partial charge in [0, 0.05) is 22.6 Å². The minimum absolute atomic E-state index is 0.0234. The molecule has 1 aliphatic rings. The number of thioether (sulfide) groups is 1. The monoisotopic (exact) mass is 340 g/mol.